The van der Waals surface area contributed by atoms with Gasteiger partial charge in [-0.15, -0.1) is 0 Å². The van der Waals surface area contributed by atoms with Crippen molar-refractivity contribution in [3.63, 3.8) is 0 Å². The van der Waals surface area contributed by atoms with Crippen LogP contribution in [0.3, 0.4) is 0 Å². The predicted molar refractivity (Wildman–Crippen MR) is 109 cm³/mol. The molecule has 1 aliphatic heterocycles. The summed E-state index contributed by atoms with van der Waals surface area (Å²) in [5.41, 5.74) is 2.38. The van der Waals surface area contributed by atoms with E-state index in [0.29, 0.717) is 16.8 Å². The molecule has 0 atom stereocenters. The van der Waals surface area contributed by atoms with Crippen LogP contribution in [0.4, 0.5) is 5.69 Å². The number of rotatable bonds is 4. The third-order valence-corrected chi connectivity index (χ3v) is 5.23. The minimum Gasteiger partial charge on any atom is -0.321 e. The van der Waals surface area contributed by atoms with E-state index in [1.165, 1.54) is 17.0 Å². The second-order valence-electron chi connectivity index (χ2n) is 6.38. The zero-order valence-electron chi connectivity index (χ0n) is 14.7. The van der Waals surface area contributed by atoms with Gasteiger partial charge in [0.25, 0.3) is 17.7 Å². The minimum atomic E-state index is -0.389. The number of imide groups is 1. The molecule has 4 rings (SSSR count). The molecule has 1 aliphatic rings. The zero-order valence-corrected chi connectivity index (χ0v) is 16.3. The fourth-order valence-corrected chi connectivity index (χ4v) is 3.48. The van der Waals surface area contributed by atoms with E-state index in [9.17, 15) is 14.4 Å². The first-order chi connectivity index (χ1) is 13.5. The molecule has 1 N–H and O–H groups in total. The monoisotopic (exact) mass is 434 g/mol. The summed E-state index contributed by atoms with van der Waals surface area (Å²) in [7, 11) is 0. The summed E-state index contributed by atoms with van der Waals surface area (Å²) < 4.78 is 0.754. The molecule has 0 radical (unpaired) electrons. The van der Waals surface area contributed by atoms with Crippen LogP contribution in [0.15, 0.2) is 77.3 Å². The molecule has 0 saturated carbocycles. The van der Waals surface area contributed by atoms with Gasteiger partial charge in [0.15, 0.2) is 0 Å². The molecule has 28 heavy (non-hydrogen) atoms. The molecule has 0 aromatic heterocycles. The SMILES string of the molecule is O=C(Nc1ccccc1Br)c1ccc2c(c1)C(=O)N(Cc1ccccc1)C2=O. The Morgan fingerprint density at radius 1 is 0.857 bits per heavy atom. The summed E-state index contributed by atoms with van der Waals surface area (Å²) in [5, 5.41) is 2.80. The van der Waals surface area contributed by atoms with Gasteiger partial charge in [0.2, 0.25) is 0 Å². The van der Waals surface area contributed by atoms with E-state index in [2.05, 4.69) is 21.2 Å². The maximum absolute atomic E-state index is 12.8. The topological polar surface area (TPSA) is 66.5 Å². The molecule has 0 fully saturated rings. The quantitative estimate of drug-likeness (QED) is 0.614. The smallest absolute Gasteiger partial charge is 0.261 e. The van der Waals surface area contributed by atoms with E-state index in [-0.39, 0.29) is 29.8 Å². The lowest BCUT2D eigenvalue weighted by molar-refractivity contribution is 0.0642. The van der Waals surface area contributed by atoms with E-state index < -0.39 is 0 Å². The number of benzene rings is 3. The highest BCUT2D eigenvalue weighted by Crippen LogP contribution is 2.27. The van der Waals surface area contributed by atoms with Crippen LogP contribution in [0, 0.1) is 0 Å². The molecule has 0 saturated heterocycles. The van der Waals surface area contributed by atoms with Crippen LogP contribution in [-0.4, -0.2) is 22.6 Å². The van der Waals surface area contributed by atoms with Gasteiger partial charge < -0.3 is 5.32 Å². The van der Waals surface area contributed by atoms with Gasteiger partial charge in [-0.1, -0.05) is 42.5 Å². The first-order valence-corrected chi connectivity index (χ1v) is 9.44. The van der Waals surface area contributed by atoms with E-state index >= 15 is 0 Å². The summed E-state index contributed by atoms with van der Waals surface area (Å²) in [6.07, 6.45) is 0. The van der Waals surface area contributed by atoms with Crippen LogP contribution in [0.1, 0.15) is 36.6 Å². The lowest BCUT2D eigenvalue weighted by Crippen LogP contribution is -2.29. The number of anilines is 1. The van der Waals surface area contributed by atoms with E-state index in [4.69, 9.17) is 0 Å². The van der Waals surface area contributed by atoms with Crippen molar-refractivity contribution >= 4 is 39.3 Å². The number of hydrogen-bond donors (Lipinski definition) is 1. The number of hydrogen-bond acceptors (Lipinski definition) is 3. The molecule has 3 aromatic carbocycles. The number of carbonyl (C=O) groups excluding carboxylic acids is 3. The first kappa shape index (κ1) is 18.1. The molecule has 3 amide bonds. The summed E-state index contributed by atoms with van der Waals surface area (Å²) in [5.74, 6) is -1.09. The lowest BCUT2D eigenvalue weighted by Gasteiger charge is -2.13. The second kappa shape index (κ2) is 7.40. The molecule has 138 valence electrons. The van der Waals surface area contributed by atoms with E-state index in [1.54, 1.807) is 12.1 Å². The van der Waals surface area contributed by atoms with Crippen LogP contribution in [-0.2, 0) is 6.54 Å². The first-order valence-electron chi connectivity index (χ1n) is 8.64. The number of nitrogens with one attached hydrogen (secondary N) is 1. The Morgan fingerprint density at radius 2 is 1.54 bits per heavy atom. The fourth-order valence-electron chi connectivity index (χ4n) is 3.10. The molecule has 0 unspecified atom stereocenters. The van der Waals surface area contributed by atoms with Gasteiger partial charge in [-0.05, 0) is 51.8 Å². The van der Waals surface area contributed by atoms with Crippen LogP contribution in [0.5, 0.6) is 0 Å². The predicted octanol–water partition coefficient (Wildman–Crippen LogP) is 4.50. The van der Waals surface area contributed by atoms with Crippen molar-refractivity contribution < 1.29 is 14.4 Å². The normalized spacial score (nSPS) is 12.8. The van der Waals surface area contributed by atoms with E-state index in [0.717, 1.165) is 10.0 Å². The maximum Gasteiger partial charge on any atom is 0.261 e. The van der Waals surface area contributed by atoms with Gasteiger partial charge in [-0.2, -0.15) is 0 Å². The van der Waals surface area contributed by atoms with Gasteiger partial charge >= 0.3 is 0 Å². The van der Waals surface area contributed by atoms with Crippen molar-refractivity contribution in [2.75, 3.05) is 5.32 Å². The summed E-state index contributed by atoms with van der Waals surface area (Å²) in [6, 6.07) is 21.1. The van der Waals surface area contributed by atoms with Crippen molar-refractivity contribution in [2.45, 2.75) is 6.54 Å². The third kappa shape index (κ3) is 3.34. The van der Waals surface area contributed by atoms with Crippen LogP contribution in [0.25, 0.3) is 0 Å². The molecule has 5 nitrogen and oxygen atoms in total. The van der Waals surface area contributed by atoms with Gasteiger partial charge in [0.1, 0.15) is 0 Å². The summed E-state index contributed by atoms with van der Waals surface area (Å²) >= 11 is 3.38. The largest absolute Gasteiger partial charge is 0.321 e. The Bertz CT molecular complexity index is 1100. The van der Waals surface area contributed by atoms with E-state index in [1.807, 2.05) is 48.5 Å². The molecule has 3 aromatic rings. The number of carbonyl (C=O) groups is 3. The molecule has 0 aliphatic carbocycles. The van der Waals surface area contributed by atoms with Gasteiger partial charge in [0, 0.05) is 10.0 Å². The average molecular weight is 435 g/mol. The number of nitrogens with zero attached hydrogens (tertiary/aromatic N) is 1. The summed E-state index contributed by atoms with van der Waals surface area (Å²) in [4.78, 5) is 39.2. The van der Waals surface area contributed by atoms with Gasteiger partial charge in [-0.25, -0.2) is 0 Å². The van der Waals surface area contributed by atoms with Crippen molar-refractivity contribution in [2.24, 2.45) is 0 Å². The number of fused-ring (bicyclic) bond motifs is 1. The number of amides is 3. The maximum atomic E-state index is 12.8. The second-order valence-corrected chi connectivity index (χ2v) is 7.23. The molecule has 1 heterocycles. The Labute approximate surface area is 170 Å². The number of halogens is 1. The standard InChI is InChI=1S/C22H15BrN2O3/c23-18-8-4-5-9-19(18)24-20(26)15-10-11-16-17(12-15)22(28)25(21(16)27)13-14-6-2-1-3-7-14/h1-12H,13H2,(H,24,26). The Hall–Kier alpha value is -3.25. The molecular formula is C22H15BrN2O3. The Morgan fingerprint density at radius 3 is 2.29 bits per heavy atom. The Kier molecular flexibility index (Phi) is 4.79. The zero-order chi connectivity index (χ0) is 19.7. The fraction of sp³-hybridized carbons (Fsp3) is 0.0455. The van der Waals surface area contributed by atoms with Crippen LogP contribution in [0.2, 0.25) is 0 Å². The minimum absolute atomic E-state index is 0.200. The third-order valence-electron chi connectivity index (χ3n) is 4.54. The van der Waals surface area contributed by atoms with Crippen LogP contribution >= 0.6 is 15.9 Å². The molecule has 6 heteroatoms. The highest BCUT2D eigenvalue weighted by atomic mass is 79.9. The highest BCUT2D eigenvalue weighted by Gasteiger charge is 2.36. The number of para-hydroxylation sites is 1. The average Bonchev–Trinajstić information content (AvgIpc) is 2.95. The van der Waals surface area contributed by atoms with Crippen molar-refractivity contribution in [3.8, 4) is 0 Å². The van der Waals surface area contributed by atoms with Crippen molar-refractivity contribution in [3.05, 3.63) is 99.5 Å². The summed E-state index contributed by atoms with van der Waals surface area (Å²) in [6.45, 7) is 0.200. The van der Waals surface area contributed by atoms with Gasteiger partial charge in [-0.3, -0.25) is 19.3 Å². The highest BCUT2D eigenvalue weighted by molar-refractivity contribution is 9.10. The van der Waals surface area contributed by atoms with Crippen LogP contribution < -0.4 is 5.32 Å². The molecule has 0 bridgehead atoms. The van der Waals surface area contributed by atoms with Crippen molar-refractivity contribution in [1.82, 2.24) is 4.90 Å². The lowest BCUT2D eigenvalue weighted by atomic mass is 10.1. The Balaban J connectivity index is 1.58. The van der Waals surface area contributed by atoms with Gasteiger partial charge in [0.05, 0.1) is 23.4 Å². The molecule has 0 spiro atoms. The van der Waals surface area contributed by atoms with Crippen molar-refractivity contribution in [1.29, 1.82) is 0 Å². The molecular weight excluding hydrogens is 420 g/mol.